The minimum Gasteiger partial charge on any atom is -0.507 e. The van der Waals surface area contributed by atoms with E-state index in [0.29, 0.717) is 0 Å². The van der Waals surface area contributed by atoms with Crippen LogP contribution in [0.3, 0.4) is 0 Å². The fourth-order valence-electron chi connectivity index (χ4n) is 1.21. The van der Waals surface area contributed by atoms with Crippen LogP contribution in [0.5, 0.6) is 17.2 Å². The average molecular weight is 218 g/mol. The summed E-state index contributed by atoms with van der Waals surface area (Å²) in [5.41, 5.74) is -0.746. The van der Waals surface area contributed by atoms with Gasteiger partial charge in [0.2, 0.25) is 0 Å². The quantitative estimate of drug-likeness (QED) is 0.745. The van der Waals surface area contributed by atoms with E-state index in [0.717, 1.165) is 12.1 Å². The molecule has 1 aliphatic rings. The molecule has 0 radical (unpaired) electrons. The highest BCUT2D eigenvalue weighted by Gasteiger charge is 2.46. The summed E-state index contributed by atoms with van der Waals surface area (Å²) >= 11 is 0. The number of hydrogen-bond donors (Lipinski definition) is 2. The smallest absolute Gasteiger partial charge is 0.507 e. The fraction of sp³-hybridized carbons (Fsp3) is 0.125. The first-order chi connectivity index (χ1) is 6.91. The van der Waals surface area contributed by atoms with Gasteiger partial charge in [-0.3, -0.25) is 0 Å². The fourth-order valence-corrected chi connectivity index (χ4v) is 1.21. The van der Waals surface area contributed by atoms with Gasteiger partial charge in [0.15, 0.2) is 11.5 Å². The largest absolute Gasteiger partial charge is 0.586 e. The molecule has 0 unspecified atom stereocenters. The van der Waals surface area contributed by atoms with E-state index in [1.165, 1.54) is 0 Å². The zero-order valence-electron chi connectivity index (χ0n) is 7.03. The van der Waals surface area contributed by atoms with E-state index >= 15 is 0 Å². The minimum atomic E-state index is -3.90. The number of aromatic hydroxyl groups is 1. The molecule has 2 N–H and O–H groups in total. The van der Waals surface area contributed by atoms with Gasteiger partial charge in [-0.05, 0) is 12.1 Å². The molecule has 0 atom stereocenters. The first kappa shape index (κ1) is 9.50. The molecule has 0 saturated heterocycles. The van der Waals surface area contributed by atoms with Crippen molar-refractivity contribution in [3.63, 3.8) is 0 Å². The van der Waals surface area contributed by atoms with Crippen LogP contribution in [-0.2, 0) is 0 Å². The molecule has 5 nitrogen and oxygen atoms in total. The highest BCUT2D eigenvalue weighted by atomic mass is 19.3. The van der Waals surface area contributed by atoms with Crippen molar-refractivity contribution in [3.05, 3.63) is 17.7 Å². The summed E-state index contributed by atoms with van der Waals surface area (Å²) in [5.74, 6) is -3.34. The third kappa shape index (κ3) is 1.41. The molecule has 1 aliphatic heterocycles. The van der Waals surface area contributed by atoms with E-state index in [2.05, 4.69) is 9.47 Å². The molecule has 0 aliphatic carbocycles. The summed E-state index contributed by atoms with van der Waals surface area (Å²) in [5, 5.41) is 17.8. The Morgan fingerprint density at radius 1 is 1.33 bits per heavy atom. The lowest BCUT2D eigenvalue weighted by Gasteiger charge is -2.05. The van der Waals surface area contributed by atoms with Gasteiger partial charge in [-0.2, -0.15) is 0 Å². The molecule has 2 rings (SSSR count). The van der Waals surface area contributed by atoms with E-state index < -0.39 is 35.1 Å². The van der Waals surface area contributed by atoms with Crippen molar-refractivity contribution < 1.29 is 33.3 Å². The molecule has 0 saturated carbocycles. The van der Waals surface area contributed by atoms with Crippen LogP contribution in [0.25, 0.3) is 0 Å². The van der Waals surface area contributed by atoms with E-state index in [-0.39, 0.29) is 0 Å². The summed E-state index contributed by atoms with van der Waals surface area (Å²) in [6.45, 7) is 0. The number of carboxylic acid groups (broad SMARTS) is 1. The maximum absolute atomic E-state index is 12.6. The number of halogens is 2. The Hall–Kier alpha value is -2.05. The first-order valence-electron chi connectivity index (χ1n) is 3.76. The van der Waals surface area contributed by atoms with Crippen molar-refractivity contribution in [3.8, 4) is 17.2 Å². The van der Waals surface area contributed by atoms with Crippen LogP contribution >= 0.6 is 0 Å². The van der Waals surface area contributed by atoms with Crippen LogP contribution in [0.1, 0.15) is 10.4 Å². The Morgan fingerprint density at radius 3 is 2.60 bits per heavy atom. The monoisotopic (exact) mass is 218 g/mol. The zero-order chi connectivity index (χ0) is 11.2. The van der Waals surface area contributed by atoms with Crippen LogP contribution in [0, 0.1) is 0 Å². The Kier molecular flexibility index (Phi) is 1.72. The van der Waals surface area contributed by atoms with Crippen LogP contribution in [0.4, 0.5) is 8.78 Å². The summed E-state index contributed by atoms with van der Waals surface area (Å²) in [4.78, 5) is 10.7. The second-order valence-electron chi connectivity index (χ2n) is 2.76. The van der Waals surface area contributed by atoms with E-state index in [9.17, 15) is 13.6 Å². The zero-order valence-corrected chi connectivity index (χ0v) is 7.03. The number of aromatic carboxylic acids is 1. The Labute approximate surface area is 81.5 Å². The lowest BCUT2D eigenvalue weighted by Crippen LogP contribution is -2.26. The lowest BCUT2D eigenvalue weighted by molar-refractivity contribution is -0.286. The second kappa shape index (κ2) is 2.72. The molecule has 7 heteroatoms. The Balaban J connectivity index is 2.60. The highest BCUT2D eigenvalue weighted by Crippen LogP contribution is 2.46. The van der Waals surface area contributed by atoms with Gasteiger partial charge in [0.05, 0.1) is 0 Å². The molecular weight excluding hydrogens is 214 g/mol. The van der Waals surface area contributed by atoms with E-state index in [4.69, 9.17) is 10.2 Å². The molecule has 15 heavy (non-hydrogen) atoms. The summed E-state index contributed by atoms with van der Waals surface area (Å²) in [7, 11) is 0. The molecule has 1 aromatic carbocycles. The van der Waals surface area contributed by atoms with Crippen LogP contribution in [-0.4, -0.2) is 22.5 Å². The minimum absolute atomic E-state index is 0.421. The molecule has 0 bridgehead atoms. The van der Waals surface area contributed by atoms with Crippen molar-refractivity contribution in [1.82, 2.24) is 0 Å². The molecule has 1 aromatic rings. The van der Waals surface area contributed by atoms with E-state index in [1.54, 1.807) is 0 Å². The van der Waals surface area contributed by atoms with Gasteiger partial charge in [0, 0.05) is 0 Å². The predicted octanol–water partition coefficient (Wildman–Crippen LogP) is 1.41. The Morgan fingerprint density at radius 2 is 2.00 bits per heavy atom. The van der Waals surface area contributed by atoms with Gasteiger partial charge in [-0.1, -0.05) is 0 Å². The summed E-state index contributed by atoms with van der Waals surface area (Å²) < 4.78 is 33.2. The highest BCUT2D eigenvalue weighted by molar-refractivity contribution is 5.95. The number of fused-ring (bicyclic) bond motifs is 1. The van der Waals surface area contributed by atoms with Gasteiger partial charge >= 0.3 is 12.3 Å². The van der Waals surface area contributed by atoms with E-state index in [1.807, 2.05) is 0 Å². The third-order valence-electron chi connectivity index (χ3n) is 1.76. The summed E-state index contributed by atoms with van der Waals surface area (Å²) in [6.07, 6.45) is -3.90. The number of alkyl halides is 2. The maximum atomic E-state index is 12.6. The molecule has 80 valence electrons. The van der Waals surface area contributed by atoms with Gasteiger partial charge in [0.1, 0.15) is 11.3 Å². The molecule has 0 amide bonds. The predicted molar refractivity (Wildman–Crippen MR) is 41.3 cm³/mol. The van der Waals surface area contributed by atoms with Crippen LogP contribution in [0.2, 0.25) is 0 Å². The first-order valence-corrected chi connectivity index (χ1v) is 3.76. The maximum Gasteiger partial charge on any atom is 0.586 e. The van der Waals surface area contributed by atoms with Crippen molar-refractivity contribution in [1.29, 1.82) is 0 Å². The van der Waals surface area contributed by atoms with Crippen LogP contribution in [0.15, 0.2) is 12.1 Å². The summed E-state index contributed by atoms with van der Waals surface area (Å²) in [6, 6.07) is 1.94. The SMILES string of the molecule is O=C(O)c1c(O)ccc2c1OC(F)(F)O2. The van der Waals surface area contributed by atoms with Crippen molar-refractivity contribution in [2.45, 2.75) is 6.29 Å². The topological polar surface area (TPSA) is 76.0 Å². The van der Waals surface area contributed by atoms with Crippen molar-refractivity contribution in [2.24, 2.45) is 0 Å². The number of carbonyl (C=O) groups is 1. The Bertz CT molecular complexity index is 443. The number of carboxylic acids is 1. The number of ether oxygens (including phenoxy) is 2. The lowest BCUT2D eigenvalue weighted by atomic mass is 10.1. The number of hydrogen-bond acceptors (Lipinski definition) is 4. The van der Waals surface area contributed by atoms with Gasteiger partial charge in [-0.15, -0.1) is 8.78 Å². The molecule has 0 fully saturated rings. The van der Waals surface area contributed by atoms with Crippen LogP contribution < -0.4 is 9.47 Å². The van der Waals surface area contributed by atoms with Crippen molar-refractivity contribution >= 4 is 5.97 Å². The second-order valence-corrected chi connectivity index (χ2v) is 2.76. The van der Waals surface area contributed by atoms with Gasteiger partial charge < -0.3 is 19.7 Å². The normalized spacial score (nSPS) is 16.4. The standard InChI is InChI=1S/C8H4F2O5/c9-8(10)14-4-2-1-3(11)5(7(12)13)6(4)15-8/h1-2,11H,(H,12,13). The molecule has 0 aromatic heterocycles. The van der Waals surface area contributed by atoms with Gasteiger partial charge in [0.25, 0.3) is 0 Å². The molecule has 1 heterocycles. The third-order valence-corrected chi connectivity index (χ3v) is 1.76. The molecular formula is C8H4F2O5. The van der Waals surface area contributed by atoms with Crippen molar-refractivity contribution in [2.75, 3.05) is 0 Å². The number of phenols is 1. The average Bonchev–Trinajstić information content (AvgIpc) is 2.37. The number of benzene rings is 1. The van der Waals surface area contributed by atoms with Gasteiger partial charge in [-0.25, -0.2) is 4.79 Å². The molecule has 0 spiro atoms. The number of rotatable bonds is 1.